The Balaban J connectivity index is 1.83. The van der Waals surface area contributed by atoms with Gasteiger partial charge in [-0.05, 0) is 17.8 Å². The third kappa shape index (κ3) is 4.30. The zero-order chi connectivity index (χ0) is 13.5. The van der Waals surface area contributed by atoms with Crippen molar-refractivity contribution in [3.63, 3.8) is 0 Å². The quantitative estimate of drug-likeness (QED) is 0.610. The van der Waals surface area contributed by atoms with E-state index in [1.807, 2.05) is 48.5 Å². The molecule has 0 radical (unpaired) electrons. The summed E-state index contributed by atoms with van der Waals surface area (Å²) in [5, 5.41) is 0.331. The van der Waals surface area contributed by atoms with Crippen LogP contribution in [-0.4, -0.2) is 10.8 Å². The van der Waals surface area contributed by atoms with Crippen LogP contribution in [0.25, 0.3) is 0 Å². The Morgan fingerprint density at radius 3 is 2.16 bits per heavy atom. The molecule has 0 aromatic heterocycles. The Labute approximate surface area is 118 Å². The molecule has 0 fully saturated rings. The average molecular weight is 270 g/mol. The molecule has 0 saturated heterocycles. The molecule has 0 amide bonds. The van der Waals surface area contributed by atoms with Gasteiger partial charge in [-0.25, -0.2) is 0 Å². The second kappa shape index (κ2) is 6.81. The zero-order valence-electron chi connectivity index (χ0n) is 10.4. The van der Waals surface area contributed by atoms with Crippen molar-refractivity contribution >= 4 is 23.1 Å². The van der Waals surface area contributed by atoms with Gasteiger partial charge in [-0.2, -0.15) is 0 Å². The maximum Gasteiger partial charge on any atom is 0.171 e. The highest BCUT2D eigenvalue weighted by molar-refractivity contribution is 7.80. The van der Waals surface area contributed by atoms with Gasteiger partial charge in [0.15, 0.2) is 10.8 Å². The zero-order valence-corrected chi connectivity index (χ0v) is 11.2. The Hall–Kier alpha value is -2.00. The third-order valence-electron chi connectivity index (χ3n) is 2.64. The van der Waals surface area contributed by atoms with Crippen LogP contribution >= 0.6 is 12.2 Å². The second-order valence-electron chi connectivity index (χ2n) is 4.11. The van der Waals surface area contributed by atoms with E-state index in [2.05, 4.69) is 0 Å². The van der Waals surface area contributed by atoms with Crippen molar-refractivity contribution in [2.45, 2.75) is 13.0 Å². The van der Waals surface area contributed by atoms with Crippen LogP contribution in [0.4, 0.5) is 0 Å². The van der Waals surface area contributed by atoms with Gasteiger partial charge in [-0.3, -0.25) is 4.79 Å². The summed E-state index contributed by atoms with van der Waals surface area (Å²) < 4.78 is 5.43. The van der Waals surface area contributed by atoms with Crippen molar-refractivity contribution in [1.29, 1.82) is 0 Å². The van der Waals surface area contributed by atoms with Gasteiger partial charge < -0.3 is 4.74 Å². The summed E-state index contributed by atoms with van der Waals surface area (Å²) in [6, 6.07) is 18.9. The number of carbonyl (C=O) groups excluding carboxylic acids is 1. The normalized spacial score (nSPS) is 9.89. The Kier molecular flexibility index (Phi) is 4.81. The van der Waals surface area contributed by atoms with Crippen LogP contribution in [-0.2, 0) is 11.3 Å². The lowest BCUT2D eigenvalue weighted by atomic mass is 10.1. The summed E-state index contributed by atoms with van der Waals surface area (Å²) in [5.74, 6) is -0.0151. The molecule has 96 valence electrons. The SMILES string of the molecule is O=C(CC(=S)OCc1ccccc1)c1ccccc1. The molecular weight excluding hydrogens is 256 g/mol. The van der Waals surface area contributed by atoms with Crippen LogP contribution in [0, 0.1) is 0 Å². The van der Waals surface area contributed by atoms with Crippen LogP contribution in [0.3, 0.4) is 0 Å². The first-order valence-electron chi connectivity index (χ1n) is 6.03. The summed E-state index contributed by atoms with van der Waals surface area (Å²) in [4.78, 5) is 11.9. The highest BCUT2D eigenvalue weighted by Crippen LogP contribution is 2.07. The first-order valence-corrected chi connectivity index (χ1v) is 6.44. The smallest absolute Gasteiger partial charge is 0.171 e. The minimum atomic E-state index is -0.0151. The van der Waals surface area contributed by atoms with Crippen molar-refractivity contribution in [1.82, 2.24) is 0 Å². The molecule has 2 rings (SSSR count). The Bertz CT molecular complexity index is 549. The van der Waals surface area contributed by atoms with Gasteiger partial charge >= 0.3 is 0 Å². The molecule has 0 aliphatic heterocycles. The molecule has 3 heteroatoms. The Morgan fingerprint density at radius 2 is 1.53 bits per heavy atom. The molecule has 2 aromatic carbocycles. The summed E-state index contributed by atoms with van der Waals surface area (Å²) in [6.07, 6.45) is 0.145. The van der Waals surface area contributed by atoms with E-state index in [1.165, 1.54) is 0 Å². The molecule has 0 saturated carbocycles. The lowest BCUT2D eigenvalue weighted by Crippen LogP contribution is -2.09. The van der Waals surface area contributed by atoms with Gasteiger partial charge in [0.25, 0.3) is 0 Å². The van der Waals surface area contributed by atoms with Crippen molar-refractivity contribution in [2.75, 3.05) is 0 Å². The van der Waals surface area contributed by atoms with Gasteiger partial charge in [-0.15, -0.1) is 0 Å². The number of rotatable bonds is 5. The second-order valence-corrected chi connectivity index (χ2v) is 4.57. The molecule has 0 aliphatic carbocycles. The highest BCUT2D eigenvalue weighted by atomic mass is 32.1. The van der Waals surface area contributed by atoms with Crippen molar-refractivity contribution in [2.24, 2.45) is 0 Å². The van der Waals surface area contributed by atoms with Crippen molar-refractivity contribution < 1.29 is 9.53 Å². The molecule has 0 spiro atoms. The maximum atomic E-state index is 11.9. The largest absolute Gasteiger partial charge is 0.482 e. The lowest BCUT2D eigenvalue weighted by molar-refractivity contribution is 0.0993. The van der Waals surface area contributed by atoms with Crippen LogP contribution in [0.1, 0.15) is 22.3 Å². The van der Waals surface area contributed by atoms with Crippen LogP contribution < -0.4 is 0 Å². The molecule has 2 aromatic rings. The third-order valence-corrected chi connectivity index (χ3v) is 2.91. The molecule has 0 N–H and O–H groups in total. The highest BCUT2D eigenvalue weighted by Gasteiger charge is 2.09. The minimum absolute atomic E-state index is 0.0151. The van der Waals surface area contributed by atoms with Gasteiger partial charge in [-0.1, -0.05) is 60.7 Å². The van der Waals surface area contributed by atoms with E-state index < -0.39 is 0 Å². The predicted molar refractivity (Wildman–Crippen MR) is 79.2 cm³/mol. The Morgan fingerprint density at radius 1 is 0.947 bits per heavy atom. The van der Waals surface area contributed by atoms with Gasteiger partial charge in [0.2, 0.25) is 0 Å². The van der Waals surface area contributed by atoms with Crippen LogP contribution in [0.2, 0.25) is 0 Å². The first-order chi connectivity index (χ1) is 9.25. The summed E-state index contributed by atoms with van der Waals surface area (Å²) >= 11 is 5.09. The fourth-order valence-corrected chi connectivity index (χ4v) is 1.84. The minimum Gasteiger partial charge on any atom is -0.482 e. The topological polar surface area (TPSA) is 26.3 Å². The fourth-order valence-electron chi connectivity index (χ4n) is 1.65. The van der Waals surface area contributed by atoms with E-state index >= 15 is 0 Å². The number of hydrogen-bond donors (Lipinski definition) is 0. The number of ketones is 1. The van der Waals surface area contributed by atoms with E-state index in [4.69, 9.17) is 17.0 Å². The number of hydrogen-bond acceptors (Lipinski definition) is 3. The van der Waals surface area contributed by atoms with E-state index in [9.17, 15) is 4.79 Å². The number of ether oxygens (including phenoxy) is 1. The summed E-state index contributed by atoms with van der Waals surface area (Å²) in [7, 11) is 0. The van der Waals surface area contributed by atoms with Crippen molar-refractivity contribution in [3.05, 3.63) is 71.8 Å². The molecule has 0 unspecified atom stereocenters. The average Bonchev–Trinajstić information content (AvgIpc) is 2.47. The first kappa shape index (κ1) is 13.4. The molecule has 0 bridgehead atoms. The van der Waals surface area contributed by atoms with E-state index in [0.717, 1.165) is 5.56 Å². The summed E-state index contributed by atoms with van der Waals surface area (Å²) in [5.41, 5.74) is 1.70. The standard InChI is InChI=1S/C16H14O2S/c17-15(14-9-5-2-6-10-14)11-16(19)18-12-13-7-3-1-4-8-13/h1-10H,11-12H2. The fraction of sp³-hybridized carbons (Fsp3) is 0.125. The maximum absolute atomic E-state index is 11.9. The van der Waals surface area contributed by atoms with Gasteiger partial charge in [0, 0.05) is 5.56 Å². The number of carbonyl (C=O) groups is 1. The summed E-state index contributed by atoms with van der Waals surface area (Å²) in [6.45, 7) is 0.405. The number of benzene rings is 2. The van der Waals surface area contributed by atoms with E-state index in [-0.39, 0.29) is 12.2 Å². The van der Waals surface area contributed by atoms with Crippen molar-refractivity contribution in [3.8, 4) is 0 Å². The molecule has 0 aliphatic rings. The van der Waals surface area contributed by atoms with Crippen LogP contribution in [0.15, 0.2) is 60.7 Å². The number of Topliss-reactive ketones (excluding diaryl/α,β-unsaturated/α-hetero) is 1. The molecule has 0 heterocycles. The molecule has 19 heavy (non-hydrogen) atoms. The van der Waals surface area contributed by atoms with Gasteiger partial charge in [0.05, 0.1) is 6.42 Å². The van der Waals surface area contributed by atoms with E-state index in [1.54, 1.807) is 12.1 Å². The molecule has 2 nitrogen and oxygen atoms in total. The molecule has 0 atom stereocenters. The molecular formula is C16H14O2S. The van der Waals surface area contributed by atoms with Crippen LogP contribution in [0.5, 0.6) is 0 Å². The number of thiocarbonyl (C=S) groups is 1. The lowest BCUT2D eigenvalue weighted by Gasteiger charge is -2.07. The predicted octanol–water partition coefficient (Wildman–Crippen LogP) is 3.80. The van der Waals surface area contributed by atoms with Gasteiger partial charge in [0.1, 0.15) is 6.61 Å². The monoisotopic (exact) mass is 270 g/mol. The van der Waals surface area contributed by atoms with E-state index in [0.29, 0.717) is 17.2 Å².